The molecule has 4 heteroatoms. The molecule has 4 aromatic rings. The second kappa shape index (κ2) is 7.02. The number of fused-ring (bicyclic) bond motifs is 5. The van der Waals surface area contributed by atoms with E-state index >= 15 is 0 Å². The van der Waals surface area contributed by atoms with Crippen molar-refractivity contribution in [1.82, 2.24) is 4.98 Å². The number of nitrogen functional groups attached to an aromatic ring is 1. The quantitative estimate of drug-likeness (QED) is 0.390. The third-order valence-corrected chi connectivity index (χ3v) is 6.68. The predicted octanol–water partition coefficient (Wildman–Crippen LogP) is 5.99. The van der Waals surface area contributed by atoms with Gasteiger partial charge in [0.2, 0.25) is 5.88 Å². The largest absolute Gasteiger partial charge is 0.497 e. The van der Waals surface area contributed by atoms with Crippen molar-refractivity contribution in [1.29, 1.82) is 0 Å². The number of aryl methyl sites for hydroxylation is 1. The van der Waals surface area contributed by atoms with Crippen LogP contribution in [-0.4, -0.2) is 12.1 Å². The van der Waals surface area contributed by atoms with Crippen molar-refractivity contribution in [3.05, 3.63) is 88.6 Å². The van der Waals surface area contributed by atoms with Crippen molar-refractivity contribution in [3.8, 4) is 17.4 Å². The van der Waals surface area contributed by atoms with Gasteiger partial charge in [-0.25, -0.2) is 4.98 Å². The number of hydrogen-bond donors (Lipinski definition) is 1. The number of pyridine rings is 1. The molecule has 0 saturated heterocycles. The first-order chi connectivity index (χ1) is 15.2. The van der Waals surface area contributed by atoms with Crippen LogP contribution in [0.15, 0.2) is 60.7 Å². The lowest BCUT2D eigenvalue weighted by molar-refractivity contribution is 0.414. The summed E-state index contributed by atoms with van der Waals surface area (Å²) >= 11 is 0. The van der Waals surface area contributed by atoms with Gasteiger partial charge in [0.1, 0.15) is 11.5 Å². The van der Waals surface area contributed by atoms with Gasteiger partial charge in [-0.3, -0.25) is 0 Å². The molecule has 0 radical (unpaired) electrons. The van der Waals surface area contributed by atoms with E-state index < -0.39 is 0 Å². The molecule has 0 saturated carbocycles. The molecule has 0 fully saturated rings. The van der Waals surface area contributed by atoms with Gasteiger partial charge in [-0.1, -0.05) is 42.5 Å². The average molecular weight is 409 g/mol. The number of anilines is 1. The van der Waals surface area contributed by atoms with E-state index in [2.05, 4.69) is 48.5 Å². The lowest BCUT2D eigenvalue weighted by Gasteiger charge is -2.32. The van der Waals surface area contributed by atoms with Crippen LogP contribution in [0.3, 0.4) is 0 Å². The third kappa shape index (κ3) is 2.78. The molecule has 0 bridgehead atoms. The summed E-state index contributed by atoms with van der Waals surface area (Å²) in [4.78, 5) is 4.98. The van der Waals surface area contributed by atoms with Gasteiger partial charge in [-0.05, 0) is 65.8 Å². The minimum absolute atomic E-state index is 0.0458. The maximum Gasteiger partial charge on any atom is 0.225 e. The molecule has 0 spiro atoms. The zero-order chi connectivity index (χ0) is 20.9. The first-order valence-electron chi connectivity index (χ1n) is 10.9. The van der Waals surface area contributed by atoms with Gasteiger partial charge in [-0.2, -0.15) is 0 Å². The molecule has 4 nitrogen and oxygen atoms in total. The fraction of sp³-hybridized carbons (Fsp3) is 0.222. The van der Waals surface area contributed by atoms with Crippen LogP contribution in [0.1, 0.15) is 46.7 Å². The molecule has 3 aromatic carbocycles. The van der Waals surface area contributed by atoms with Crippen LogP contribution < -0.4 is 15.2 Å². The summed E-state index contributed by atoms with van der Waals surface area (Å²) in [6, 6.07) is 20.9. The Labute approximate surface area is 181 Å². The summed E-state index contributed by atoms with van der Waals surface area (Å²) < 4.78 is 11.8. The van der Waals surface area contributed by atoms with Crippen LogP contribution in [0.2, 0.25) is 0 Å². The van der Waals surface area contributed by atoms with Crippen molar-refractivity contribution in [3.63, 3.8) is 0 Å². The lowest BCUT2D eigenvalue weighted by Crippen LogP contribution is -2.19. The normalized spacial score (nSPS) is 16.7. The van der Waals surface area contributed by atoms with Crippen LogP contribution >= 0.6 is 0 Å². The summed E-state index contributed by atoms with van der Waals surface area (Å²) in [6.45, 7) is 0. The third-order valence-electron chi connectivity index (χ3n) is 6.68. The number of nitrogens with two attached hydrogens (primary N) is 1. The monoisotopic (exact) mass is 408 g/mol. The smallest absolute Gasteiger partial charge is 0.225 e. The van der Waals surface area contributed by atoms with E-state index in [1.165, 1.54) is 16.3 Å². The lowest BCUT2D eigenvalue weighted by atomic mass is 9.79. The molecule has 6 rings (SSSR count). The van der Waals surface area contributed by atoms with Gasteiger partial charge < -0.3 is 15.2 Å². The first-order valence-corrected chi connectivity index (χ1v) is 10.9. The van der Waals surface area contributed by atoms with Crippen molar-refractivity contribution < 1.29 is 9.47 Å². The summed E-state index contributed by atoms with van der Waals surface area (Å²) in [5, 5.41) is 2.37. The molecule has 2 N–H and O–H groups in total. The topological polar surface area (TPSA) is 57.4 Å². The molecule has 1 aliphatic heterocycles. The van der Waals surface area contributed by atoms with Crippen LogP contribution in [0.4, 0.5) is 5.69 Å². The van der Waals surface area contributed by atoms with Gasteiger partial charge in [0.25, 0.3) is 0 Å². The number of ether oxygens (including phenoxy) is 2. The fourth-order valence-corrected chi connectivity index (χ4v) is 5.16. The molecule has 2 aliphatic rings. The summed E-state index contributed by atoms with van der Waals surface area (Å²) in [5.74, 6) is 2.30. The highest BCUT2D eigenvalue weighted by atomic mass is 16.5. The molecule has 0 amide bonds. The van der Waals surface area contributed by atoms with E-state index in [4.69, 9.17) is 20.2 Å². The molecule has 1 atom stereocenters. The number of benzene rings is 3. The van der Waals surface area contributed by atoms with Gasteiger partial charge >= 0.3 is 0 Å². The number of aromatic nitrogens is 1. The Hall–Kier alpha value is -3.53. The Morgan fingerprint density at radius 1 is 0.935 bits per heavy atom. The zero-order valence-electron chi connectivity index (χ0n) is 17.5. The number of rotatable bonds is 2. The van der Waals surface area contributed by atoms with Crippen molar-refractivity contribution in [2.45, 2.75) is 31.6 Å². The molecule has 1 aromatic heterocycles. The van der Waals surface area contributed by atoms with E-state index in [0.717, 1.165) is 65.3 Å². The first kappa shape index (κ1) is 18.3. The minimum atomic E-state index is -0.0458. The Bertz CT molecular complexity index is 1310. The predicted molar refractivity (Wildman–Crippen MR) is 123 cm³/mol. The Kier molecular flexibility index (Phi) is 4.13. The van der Waals surface area contributed by atoms with Gasteiger partial charge in [-0.15, -0.1) is 0 Å². The van der Waals surface area contributed by atoms with Crippen molar-refractivity contribution in [2.75, 3.05) is 12.8 Å². The average Bonchev–Trinajstić information content (AvgIpc) is 2.83. The van der Waals surface area contributed by atoms with Gasteiger partial charge in [0.05, 0.1) is 7.11 Å². The van der Waals surface area contributed by atoms with Crippen LogP contribution in [-0.2, 0) is 12.8 Å². The maximum absolute atomic E-state index is 6.87. The number of hydrogen-bond acceptors (Lipinski definition) is 4. The van der Waals surface area contributed by atoms with Crippen molar-refractivity contribution in [2.24, 2.45) is 0 Å². The zero-order valence-corrected chi connectivity index (χ0v) is 17.5. The van der Waals surface area contributed by atoms with E-state index in [-0.39, 0.29) is 5.92 Å². The molecular weight excluding hydrogens is 384 g/mol. The number of methoxy groups -OCH3 is 1. The maximum atomic E-state index is 6.87. The Morgan fingerprint density at radius 3 is 2.58 bits per heavy atom. The highest BCUT2D eigenvalue weighted by Crippen LogP contribution is 2.52. The molecular formula is C27H24N2O2. The van der Waals surface area contributed by atoms with Crippen LogP contribution in [0.5, 0.6) is 17.4 Å². The highest BCUT2D eigenvalue weighted by molar-refractivity contribution is 5.91. The highest BCUT2D eigenvalue weighted by Gasteiger charge is 2.35. The standard InChI is InChI=1S/C27H24N2O2/c1-30-18-13-10-17(11-14-18)23-24-19-7-3-2-6-16(19)12-15-22(24)31-27-25(23)26(28)20-8-4-5-9-21(20)29-27/h2-3,6-7,10-15,23H,4-5,8-9H2,1H3,(H2,28,29). The minimum Gasteiger partial charge on any atom is -0.497 e. The van der Waals surface area contributed by atoms with E-state index in [0.29, 0.717) is 5.88 Å². The van der Waals surface area contributed by atoms with Crippen LogP contribution in [0, 0.1) is 0 Å². The van der Waals surface area contributed by atoms with Gasteiger partial charge in [0.15, 0.2) is 0 Å². The molecule has 154 valence electrons. The second-order valence-electron chi connectivity index (χ2n) is 8.38. The van der Waals surface area contributed by atoms with Crippen LogP contribution in [0.25, 0.3) is 10.8 Å². The van der Waals surface area contributed by atoms with Gasteiger partial charge in [0, 0.05) is 28.4 Å². The van der Waals surface area contributed by atoms with E-state index in [9.17, 15) is 0 Å². The Morgan fingerprint density at radius 2 is 1.74 bits per heavy atom. The summed E-state index contributed by atoms with van der Waals surface area (Å²) in [5.41, 5.74) is 13.3. The molecule has 1 aliphatic carbocycles. The van der Waals surface area contributed by atoms with Crippen molar-refractivity contribution >= 4 is 16.5 Å². The fourth-order valence-electron chi connectivity index (χ4n) is 5.16. The SMILES string of the molecule is COc1ccc(C2c3c(nc4c(c3N)CCCC4)Oc3ccc4ccccc4c32)cc1. The Balaban J connectivity index is 1.66. The second-order valence-corrected chi connectivity index (χ2v) is 8.38. The number of nitrogens with zero attached hydrogens (tertiary/aromatic N) is 1. The molecule has 1 unspecified atom stereocenters. The van der Waals surface area contributed by atoms with E-state index in [1.807, 2.05) is 12.1 Å². The molecule has 2 heterocycles. The summed E-state index contributed by atoms with van der Waals surface area (Å²) in [7, 11) is 1.69. The molecule has 31 heavy (non-hydrogen) atoms. The summed E-state index contributed by atoms with van der Waals surface area (Å²) in [6.07, 6.45) is 4.26. The van der Waals surface area contributed by atoms with E-state index in [1.54, 1.807) is 7.11 Å².